The van der Waals surface area contributed by atoms with Crippen molar-refractivity contribution in [3.8, 4) is 11.5 Å². The molecule has 1 rings (SSSR count). The number of halogens is 1. The molecule has 0 spiro atoms. The highest BCUT2D eigenvalue weighted by Gasteiger charge is 2.00. The van der Waals surface area contributed by atoms with Crippen molar-refractivity contribution in [1.29, 1.82) is 0 Å². The van der Waals surface area contributed by atoms with E-state index in [0.29, 0.717) is 31.9 Å². The minimum absolute atomic E-state index is 0.00453. The summed E-state index contributed by atoms with van der Waals surface area (Å²) in [6, 6.07) is 7.35. The molecule has 0 saturated heterocycles. The van der Waals surface area contributed by atoms with E-state index in [9.17, 15) is 4.79 Å². The average molecular weight is 272 g/mol. The Morgan fingerprint density at radius 3 is 2.89 bits per heavy atom. The molecule has 0 saturated carbocycles. The van der Waals surface area contributed by atoms with Crippen molar-refractivity contribution in [2.45, 2.75) is 12.8 Å². The fraction of sp³-hybridized carbons (Fsp3) is 0.462. The zero-order valence-corrected chi connectivity index (χ0v) is 11.2. The number of carbonyl (C=O) groups excluding carboxylic acids is 1. The lowest BCUT2D eigenvalue weighted by Crippen LogP contribution is -2.27. The van der Waals surface area contributed by atoms with Gasteiger partial charge in [0.2, 0.25) is 5.91 Å². The highest BCUT2D eigenvalue weighted by atomic mass is 35.5. The fourth-order valence-electron chi connectivity index (χ4n) is 1.37. The summed E-state index contributed by atoms with van der Waals surface area (Å²) >= 11 is 5.50. The molecule has 100 valence electrons. The molecule has 0 aliphatic carbocycles. The average Bonchev–Trinajstić information content (AvgIpc) is 2.41. The molecule has 4 nitrogen and oxygen atoms in total. The van der Waals surface area contributed by atoms with Crippen LogP contribution in [0.15, 0.2) is 24.3 Å². The number of nitrogens with one attached hydrogen (secondary N) is 1. The van der Waals surface area contributed by atoms with E-state index >= 15 is 0 Å². The van der Waals surface area contributed by atoms with Gasteiger partial charge in [0.05, 0.1) is 13.7 Å². The molecule has 0 aliphatic heterocycles. The first kappa shape index (κ1) is 14.6. The Labute approximate surface area is 112 Å². The molecule has 5 heteroatoms. The minimum atomic E-state index is 0.00453. The maximum absolute atomic E-state index is 11.3. The topological polar surface area (TPSA) is 47.6 Å². The molecule has 0 unspecified atom stereocenters. The fourth-order valence-corrected chi connectivity index (χ4v) is 1.50. The lowest BCUT2D eigenvalue weighted by atomic mass is 10.3. The van der Waals surface area contributed by atoms with Gasteiger partial charge in [0.15, 0.2) is 0 Å². The molecule has 0 radical (unpaired) electrons. The normalized spacial score (nSPS) is 9.89. The molecule has 0 fully saturated rings. The quantitative estimate of drug-likeness (QED) is 0.582. The molecule has 1 aromatic rings. The second-order valence-corrected chi connectivity index (χ2v) is 4.05. The van der Waals surface area contributed by atoms with Gasteiger partial charge in [-0.3, -0.25) is 4.79 Å². The third-order valence-corrected chi connectivity index (χ3v) is 2.54. The van der Waals surface area contributed by atoms with Gasteiger partial charge >= 0.3 is 0 Å². The summed E-state index contributed by atoms with van der Waals surface area (Å²) in [6.07, 6.45) is 1.16. The lowest BCUT2D eigenvalue weighted by molar-refractivity contribution is -0.121. The Morgan fingerprint density at radius 2 is 2.17 bits per heavy atom. The van der Waals surface area contributed by atoms with E-state index < -0.39 is 0 Å². The van der Waals surface area contributed by atoms with Crippen LogP contribution >= 0.6 is 11.6 Å². The van der Waals surface area contributed by atoms with Gasteiger partial charge < -0.3 is 14.8 Å². The van der Waals surface area contributed by atoms with Gasteiger partial charge in [-0.15, -0.1) is 11.6 Å². The molecule has 0 heterocycles. The maximum atomic E-state index is 11.3. The summed E-state index contributed by atoms with van der Waals surface area (Å²) in [5, 5.41) is 2.76. The molecule has 18 heavy (non-hydrogen) atoms. The van der Waals surface area contributed by atoms with Crippen molar-refractivity contribution in [2.75, 3.05) is 26.1 Å². The summed E-state index contributed by atoms with van der Waals surface area (Å²) < 4.78 is 10.6. The number of alkyl halides is 1. The molecular weight excluding hydrogens is 254 g/mol. The van der Waals surface area contributed by atoms with E-state index in [0.717, 1.165) is 11.5 Å². The van der Waals surface area contributed by atoms with Crippen molar-refractivity contribution in [1.82, 2.24) is 5.32 Å². The standard InChI is InChI=1S/C13H18ClNO3/c1-17-11-4-2-5-12(10-11)18-9-8-15-13(16)6-3-7-14/h2,4-5,10H,3,6-9H2,1H3,(H,15,16). The van der Waals surface area contributed by atoms with Crippen LogP contribution in [0.2, 0.25) is 0 Å². The molecule has 1 amide bonds. The third kappa shape index (κ3) is 5.77. The first-order valence-electron chi connectivity index (χ1n) is 5.86. The van der Waals surface area contributed by atoms with Crippen molar-refractivity contribution < 1.29 is 14.3 Å². The Hall–Kier alpha value is -1.42. The van der Waals surface area contributed by atoms with E-state index in [1.54, 1.807) is 13.2 Å². The molecule has 0 atom stereocenters. The van der Waals surface area contributed by atoms with E-state index in [2.05, 4.69) is 5.32 Å². The summed E-state index contributed by atoms with van der Waals surface area (Å²) in [6.45, 7) is 0.915. The van der Waals surface area contributed by atoms with Crippen LogP contribution in [0.25, 0.3) is 0 Å². The van der Waals surface area contributed by atoms with Gasteiger partial charge in [0, 0.05) is 18.4 Å². The van der Waals surface area contributed by atoms with E-state index in [1.165, 1.54) is 0 Å². The lowest BCUT2D eigenvalue weighted by Gasteiger charge is -2.08. The molecular formula is C13H18ClNO3. The first-order valence-corrected chi connectivity index (χ1v) is 6.39. The van der Waals surface area contributed by atoms with Crippen molar-refractivity contribution in [2.24, 2.45) is 0 Å². The van der Waals surface area contributed by atoms with Gasteiger partial charge in [-0.2, -0.15) is 0 Å². The van der Waals surface area contributed by atoms with E-state index in [1.807, 2.05) is 18.2 Å². The molecule has 0 bridgehead atoms. The molecule has 0 aromatic heterocycles. The van der Waals surface area contributed by atoms with Crippen LogP contribution < -0.4 is 14.8 Å². The number of hydrogen-bond donors (Lipinski definition) is 1. The second kappa shape index (κ2) is 8.64. The van der Waals surface area contributed by atoms with Crippen LogP contribution in [0.3, 0.4) is 0 Å². The van der Waals surface area contributed by atoms with Gasteiger partial charge in [-0.1, -0.05) is 6.07 Å². The smallest absolute Gasteiger partial charge is 0.220 e. The number of ether oxygens (including phenoxy) is 2. The predicted octanol–water partition coefficient (Wildman–Crippen LogP) is 2.21. The van der Waals surface area contributed by atoms with Crippen LogP contribution in [-0.4, -0.2) is 32.0 Å². The second-order valence-electron chi connectivity index (χ2n) is 3.67. The molecule has 1 aromatic carbocycles. The van der Waals surface area contributed by atoms with Gasteiger partial charge in [0.25, 0.3) is 0 Å². The number of benzene rings is 1. The number of amides is 1. The Balaban J connectivity index is 2.19. The van der Waals surface area contributed by atoms with Crippen LogP contribution in [0.1, 0.15) is 12.8 Å². The summed E-state index contributed by atoms with van der Waals surface area (Å²) in [4.78, 5) is 11.3. The highest BCUT2D eigenvalue weighted by molar-refractivity contribution is 6.17. The highest BCUT2D eigenvalue weighted by Crippen LogP contribution is 2.18. The first-order chi connectivity index (χ1) is 8.76. The van der Waals surface area contributed by atoms with Crippen molar-refractivity contribution in [3.63, 3.8) is 0 Å². The van der Waals surface area contributed by atoms with Gasteiger partial charge in [-0.05, 0) is 18.6 Å². The largest absolute Gasteiger partial charge is 0.497 e. The van der Waals surface area contributed by atoms with Crippen molar-refractivity contribution in [3.05, 3.63) is 24.3 Å². The van der Waals surface area contributed by atoms with Gasteiger partial charge in [0.1, 0.15) is 18.1 Å². The number of methoxy groups -OCH3 is 1. The molecule has 0 aliphatic rings. The zero-order valence-electron chi connectivity index (χ0n) is 10.4. The number of hydrogen-bond acceptors (Lipinski definition) is 3. The predicted molar refractivity (Wildman–Crippen MR) is 71.5 cm³/mol. The third-order valence-electron chi connectivity index (χ3n) is 2.27. The Kier molecular flexibility index (Phi) is 7.03. The zero-order chi connectivity index (χ0) is 13.2. The van der Waals surface area contributed by atoms with Crippen LogP contribution in [0.5, 0.6) is 11.5 Å². The van der Waals surface area contributed by atoms with Crippen LogP contribution in [0.4, 0.5) is 0 Å². The Morgan fingerprint density at radius 1 is 1.39 bits per heavy atom. The number of carbonyl (C=O) groups is 1. The van der Waals surface area contributed by atoms with E-state index in [4.69, 9.17) is 21.1 Å². The summed E-state index contributed by atoms with van der Waals surface area (Å²) in [5.74, 6) is 1.99. The summed E-state index contributed by atoms with van der Waals surface area (Å²) in [5.41, 5.74) is 0. The SMILES string of the molecule is COc1cccc(OCCNC(=O)CCCCl)c1. The summed E-state index contributed by atoms with van der Waals surface area (Å²) in [7, 11) is 1.61. The maximum Gasteiger partial charge on any atom is 0.220 e. The van der Waals surface area contributed by atoms with Crippen molar-refractivity contribution >= 4 is 17.5 Å². The van der Waals surface area contributed by atoms with Crippen LogP contribution in [0, 0.1) is 0 Å². The number of rotatable bonds is 8. The van der Waals surface area contributed by atoms with Gasteiger partial charge in [-0.25, -0.2) is 0 Å². The minimum Gasteiger partial charge on any atom is -0.497 e. The molecule has 1 N–H and O–H groups in total. The Bertz CT molecular complexity index is 371. The van der Waals surface area contributed by atoms with E-state index in [-0.39, 0.29) is 5.91 Å². The monoisotopic (exact) mass is 271 g/mol. The van der Waals surface area contributed by atoms with Crippen LogP contribution in [-0.2, 0) is 4.79 Å².